The topological polar surface area (TPSA) is 92.2 Å². The minimum absolute atomic E-state index is 0.0252. The molecule has 1 aromatic rings. The summed E-state index contributed by atoms with van der Waals surface area (Å²) in [4.78, 5) is 39.1. The van der Waals surface area contributed by atoms with Crippen molar-refractivity contribution in [2.24, 2.45) is 0 Å². The minimum atomic E-state index is -0.697. The van der Waals surface area contributed by atoms with Gasteiger partial charge in [-0.25, -0.2) is 0 Å². The molecule has 0 aliphatic carbocycles. The number of carbonyl (C=O) groups is 3. The van der Waals surface area contributed by atoms with E-state index in [2.05, 4.69) is 10.6 Å². The Kier molecular flexibility index (Phi) is 6.41. The summed E-state index contributed by atoms with van der Waals surface area (Å²) < 4.78 is 5.30. The van der Waals surface area contributed by atoms with E-state index in [-0.39, 0.29) is 5.91 Å². The van der Waals surface area contributed by atoms with Gasteiger partial charge in [-0.3, -0.25) is 14.4 Å². The molecule has 27 heavy (non-hydrogen) atoms. The van der Waals surface area contributed by atoms with E-state index < -0.39 is 11.8 Å². The number of hydrogen-bond acceptors (Lipinski definition) is 4. The Balaban J connectivity index is 1.53. The van der Waals surface area contributed by atoms with Crippen molar-refractivity contribution in [2.45, 2.75) is 19.8 Å². The fourth-order valence-electron chi connectivity index (χ4n) is 3.51. The van der Waals surface area contributed by atoms with Crippen LogP contribution < -0.4 is 20.4 Å². The quantitative estimate of drug-likeness (QED) is 0.586. The fraction of sp³-hybridized carbons (Fsp3) is 0.526. The van der Waals surface area contributed by atoms with Crippen LogP contribution in [0.1, 0.15) is 18.9 Å². The third-order valence-corrected chi connectivity index (χ3v) is 5.01. The van der Waals surface area contributed by atoms with Crippen molar-refractivity contribution in [2.75, 3.05) is 56.2 Å². The van der Waals surface area contributed by atoms with Gasteiger partial charge in [-0.15, -0.1) is 0 Å². The molecular formula is C19H27N4O4+. The number of nitrogens with one attached hydrogen (secondary N) is 3. The number of fused-ring (bicyclic) bond motifs is 1. The molecule has 0 aromatic heterocycles. The molecule has 0 radical (unpaired) electrons. The van der Waals surface area contributed by atoms with Crippen LogP contribution in [0.15, 0.2) is 18.2 Å². The summed E-state index contributed by atoms with van der Waals surface area (Å²) in [7, 11) is 0. The Morgan fingerprint density at radius 3 is 2.70 bits per heavy atom. The maximum atomic E-state index is 12.1. The number of nitrogens with zero attached hydrogens (tertiary/aromatic N) is 1. The number of rotatable bonds is 4. The van der Waals surface area contributed by atoms with Crippen LogP contribution in [0, 0.1) is 0 Å². The largest absolute Gasteiger partial charge is 0.370 e. The van der Waals surface area contributed by atoms with E-state index in [0.717, 1.165) is 56.9 Å². The van der Waals surface area contributed by atoms with Crippen molar-refractivity contribution in [3.8, 4) is 0 Å². The summed E-state index contributed by atoms with van der Waals surface area (Å²) in [6, 6.07) is 5.43. The third kappa shape index (κ3) is 5.05. The number of morpholine rings is 1. The van der Waals surface area contributed by atoms with E-state index in [1.165, 1.54) is 11.8 Å². The Morgan fingerprint density at radius 2 is 1.96 bits per heavy atom. The second kappa shape index (κ2) is 8.96. The zero-order valence-electron chi connectivity index (χ0n) is 15.7. The molecule has 8 nitrogen and oxygen atoms in total. The van der Waals surface area contributed by atoms with Crippen LogP contribution in [0.2, 0.25) is 0 Å². The van der Waals surface area contributed by atoms with Gasteiger partial charge < -0.3 is 25.2 Å². The Hall–Kier alpha value is -2.45. The summed E-state index contributed by atoms with van der Waals surface area (Å²) in [6.45, 7) is 6.74. The van der Waals surface area contributed by atoms with Crippen molar-refractivity contribution in [1.82, 2.24) is 5.32 Å². The van der Waals surface area contributed by atoms with Crippen molar-refractivity contribution in [3.05, 3.63) is 23.8 Å². The van der Waals surface area contributed by atoms with Crippen molar-refractivity contribution in [1.29, 1.82) is 0 Å². The third-order valence-electron chi connectivity index (χ3n) is 5.01. The molecule has 1 fully saturated rings. The van der Waals surface area contributed by atoms with Crippen LogP contribution in [-0.2, 0) is 25.5 Å². The number of ether oxygens (including phenoxy) is 1. The van der Waals surface area contributed by atoms with Gasteiger partial charge in [0.25, 0.3) is 0 Å². The molecule has 3 amide bonds. The van der Waals surface area contributed by atoms with Gasteiger partial charge in [0, 0.05) is 24.8 Å². The molecule has 0 spiro atoms. The zero-order valence-corrected chi connectivity index (χ0v) is 15.7. The van der Waals surface area contributed by atoms with Gasteiger partial charge in [-0.05, 0) is 30.5 Å². The molecule has 0 unspecified atom stereocenters. The number of benzene rings is 1. The van der Waals surface area contributed by atoms with Gasteiger partial charge in [-0.2, -0.15) is 0 Å². The van der Waals surface area contributed by atoms with Crippen LogP contribution in [0.5, 0.6) is 0 Å². The van der Waals surface area contributed by atoms with Gasteiger partial charge in [0.2, 0.25) is 5.91 Å². The zero-order chi connectivity index (χ0) is 19.2. The van der Waals surface area contributed by atoms with Crippen LogP contribution >= 0.6 is 0 Å². The standard InChI is InChI=1S/C19H26N4O4/c1-14(24)23-7-2-3-15-4-5-16(13-17(15)23)21-19(26)18(25)20-6-8-22-9-11-27-12-10-22/h4-5,13H,2-3,6-12H2,1H3,(H,20,25)(H,21,26)/p+1. The van der Waals surface area contributed by atoms with Crippen molar-refractivity contribution >= 4 is 29.1 Å². The van der Waals surface area contributed by atoms with Gasteiger partial charge in [0.15, 0.2) is 0 Å². The highest BCUT2D eigenvalue weighted by atomic mass is 16.5. The second-order valence-corrected chi connectivity index (χ2v) is 6.94. The van der Waals surface area contributed by atoms with Crippen molar-refractivity contribution in [3.63, 3.8) is 0 Å². The number of quaternary nitrogens is 1. The molecule has 1 saturated heterocycles. The summed E-state index contributed by atoms with van der Waals surface area (Å²) in [5.74, 6) is -1.37. The molecule has 2 aliphatic heterocycles. The summed E-state index contributed by atoms with van der Waals surface area (Å²) in [6.07, 6.45) is 1.82. The SMILES string of the molecule is CC(=O)N1CCCc2ccc(NC(=O)C(=O)NCC[NH+]3CCOCC3)cc21. The Morgan fingerprint density at radius 1 is 1.19 bits per heavy atom. The number of anilines is 2. The first-order valence-corrected chi connectivity index (χ1v) is 9.46. The Labute approximate surface area is 158 Å². The van der Waals surface area contributed by atoms with Gasteiger partial charge in [-0.1, -0.05) is 6.07 Å². The van der Waals surface area contributed by atoms with E-state index in [1.54, 1.807) is 17.0 Å². The molecule has 0 atom stereocenters. The summed E-state index contributed by atoms with van der Waals surface area (Å²) >= 11 is 0. The van der Waals surface area contributed by atoms with Crippen molar-refractivity contribution < 1.29 is 24.0 Å². The second-order valence-electron chi connectivity index (χ2n) is 6.94. The van der Waals surface area contributed by atoms with E-state index in [9.17, 15) is 14.4 Å². The van der Waals surface area contributed by atoms with Gasteiger partial charge in [0.1, 0.15) is 13.1 Å². The van der Waals surface area contributed by atoms with Crippen LogP contribution in [0.3, 0.4) is 0 Å². The van der Waals surface area contributed by atoms with Gasteiger partial charge >= 0.3 is 11.8 Å². The lowest BCUT2D eigenvalue weighted by Gasteiger charge is -2.29. The van der Waals surface area contributed by atoms with Crippen LogP contribution in [-0.4, -0.2) is 63.7 Å². The molecule has 146 valence electrons. The molecule has 3 N–H and O–H groups in total. The number of carbonyl (C=O) groups excluding carboxylic acids is 3. The molecule has 2 aliphatic rings. The highest BCUT2D eigenvalue weighted by molar-refractivity contribution is 6.39. The highest BCUT2D eigenvalue weighted by Crippen LogP contribution is 2.30. The molecule has 2 heterocycles. The predicted molar refractivity (Wildman–Crippen MR) is 101 cm³/mol. The normalized spacial score (nSPS) is 17.1. The maximum Gasteiger partial charge on any atom is 0.313 e. The fourth-order valence-corrected chi connectivity index (χ4v) is 3.51. The molecule has 8 heteroatoms. The average molecular weight is 375 g/mol. The summed E-state index contributed by atoms with van der Waals surface area (Å²) in [5, 5.41) is 5.29. The van der Waals surface area contributed by atoms with E-state index >= 15 is 0 Å². The highest BCUT2D eigenvalue weighted by Gasteiger charge is 2.21. The first-order chi connectivity index (χ1) is 13.0. The van der Waals surface area contributed by atoms with E-state index in [4.69, 9.17) is 4.74 Å². The van der Waals surface area contributed by atoms with E-state index in [0.29, 0.717) is 18.8 Å². The molecular weight excluding hydrogens is 348 g/mol. The minimum Gasteiger partial charge on any atom is -0.370 e. The lowest BCUT2D eigenvalue weighted by atomic mass is 10.0. The lowest BCUT2D eigenvalue weighted by Crippen LogP contribution is -3.14. The Bertz CT molecular complexity index is 716. The first-order valence-electron chi connectivity index (χ1n) is 9.46. The lowest BCUT2D eigenvalue weighted by molar-refractivity contribution is -0.906. The monoisotopic (exact) mass is 375 g/mol. The van der Waals surface area contributed by atoms with E-state index in [1.807, 2.05) is 6.07 Å². The molecule has 3 rings (SSSR count). The first kappa shape index (κ1) is 19.3. The number of hydrogen-bond donors (Lipinski definition) is 3. The number of aryl methyl sites for hydroxylation is 1. The molecule has 1 aromatic carbocycles. The summed E-state index contributed by atoms with van der Waals surface area (Å²) in [5.41, 5.74) is 2.40. The smallest absolute Gasteiger partial charge is 0.313 e. The number of amides is 3. The predicted octanol–water partition coefficient (Wildman–Crippen LogP) is -1.04. The van der Waals surface area contributed by atoms with Crippen LogP contribution in [0.4, 0.5) is 11.4 Å². The molecule has 0 bridgehead atoms. The van der Waals surface area contributed by atoms with Crippen LogP contribution in [0.25, 0.3) is 0 Å². The van der Waals surface area contributed by atoms with Gasteiger partial charge in [0.05, 0.1) is 26.3 Å². The average Bonchev–Trinajstić information content (AvgIpc) is 2.68. The molecule has 0 saturated carbocycles. The maximum absolute atomic E-state index is 12.1.